The summed E-state index contributed by atoms with van der Waals surface area (Å²) < 4.78 is 10.7. The molecule has 22 heavy (non-hydrogen) atoms. The fourth-order valence-electron chi connectivity index (χ4n) is 1.78. The first kappa shape index (κ1) is 15.9. The molecule has 2 aromatic heterocycles. The fourth-order valence-corrected chi connectivity index (χ4v) is 1.78. The molecule has 0 aliphatic rings. The van der Waals surface area contributed by atoms with E-state index >= 15 is 0 Å². The Morgan fingerprint density at radius 3 is 2.64 bits per heavy atom. The molecule has 118 valence electrons. The van der Waals surface area contributed by atoms with E-state index in [1.165, 1.54) is 4.90 Å². The highest BCUT2D eigenvalue weighted by Gasteiger charge is 2.20. The van der Waals surface area contributed by atoms with Gasteiger partial charge in [0.1, 0.15) is 5.60 Å². The van der Waals surface area contributed by atoms with Gasteiger partial charge in [-0.1, -0.05) is 0 Å². The van der Waals surface area contributed by atoms with Crippen molar-refractivity contribution in [2.24, 2.45) is 0 Å². The first-order valence-corrected chi connectivity index (χ1v) is 6.93. The van der Waals surface area contributed by atoms with Crippen molar-refractivity contribution in [3.05, 3.63) is 29.9 Å². The molecule has 0 saturated heterocycles. The molecular formula is C15H20N4O3. The Balaban J connectivity index is 2.09. The van der Waals surface area contributed by atoms with Crippen LogP contribution in [0.15, 0.2) is 22.9 Å². The highest BCUT2D eigenvalue weighted by molar-refractivity contribution is 5.67. The van der Waals surface area contributed by atoms with Crippen LogP contribution >= 0.6 is 0 Å². The van der Waals surface area contributed by atoms with Crippen molar-refractivity contribution >= 4 is 6.09 Å². The summed E-state index contributed by atoms with van der Waals surface area (Å²) in [5, 5.41) is 7.75. The second-order valence-corrected chi connectivity index (χ2v) is 6.04. The van der Waals surface area contributed by atoms with Gasteiger partial charge in [-0.2, -0.15) is 0 Å². The number of pyridine rings is 1. The van der Waals surface area contributed by atoms with Gasteiger partial charge in [-0.15, -0.1) is 10.2 Å². The van der Waals surface area contributed by atoms with E-state index in [1.54, 1.807) is 26.4 Å². The maximum Gasteiger partial charge on any atom is 0.410 e. The number of aromatic nitrogens is 3. The lowest BCUT2D eigenvalue weighted by atomic mass is 10.2. The minimum absolute atomic E-state index is 0.378. The van der Waals surface area contributed by atoms with E-state index in [0.717, 1.165) is 11.1 Å². The van der Waals surface area contributed by atoms with Crippen LogP contribution in [0.2, 0.25) is 0 Å². The Labute approximate surface area is 129 Å². The lowest BCUT2D eigenvalue weighted by Crippen LogP contribution is -2.33. The molecule has 0 aliphatic heterocycles. The number of aryl methyl sites for hydroxylation is 1. The van der Waals surface area contributed by atoms with Crippen molar-refractivity contribution in [1.82, 2.24) is 20.1 Å². The van der Waals surface area contributed by atoms with Gasteiger partial charge in [0.2, 0.25) is 11.8 Å². The van der Waals surface area contributed by atoms with E-state index in [4.69, 9.17) is 9.15 Å². The van der Waals surface area contributed by atoms with Crippen molar-refractivity contribution in [2.75, 3.05) is 7.05 Å². The summed E-state index contributed by atoms with van der Waals surface area (Å²) in [6.07, 6.45) is 2.95. The Morgan fingerprint density at radius 1 is 1.32 bits per heavy atom. The molecule has 0 bridgehead atoms. The third kappa shape index (κ3) is 4.28. The molecule has 0 unspecified atom stereocenters. The number of carbonyl (C=O) groups excluding carboxylic acids is 1. The van der Waals surface area contributed by atoms with Crippen molar-refractivity contribution < 1.29 is 13.9 Å². The van der Waals surface area contributed by atoms with Gasteiger partial charge in [0.05, 0.1) is 12.1 Å². The summed E-state index contributed by atoms with van der Waals surface area (Å²) in [5.41, 5.74) is 1.05. The lowest BCUT2D eigenvalue weighted by molar-refractivity contribution is 0.0285. The average molecular weight is 304 g/mol. The molecule has 0 atom stereocenters. The maximum absolute atomic E-state index is 12.0. The summed E-state index contributed by atoms with van der Waals surface area (Å²) in [4.78, 5) is 17.6. The summed E-state index contributed by atoms with van der Waals surface area (Å²) >= 11 is 0. The van der Waals surface area contributed by atoms with E-state index in [2.05, 4.69) is 15.2 Å². The molecule has 2 aromatic rings. The maximum atomic E-state index is 12.0. The summed E-state index contributed by atoms with van der Waals surface area (Å²) in [6, 6.07) is 1.86. The molecule has 7 heteroatoms. The molecule has 0 radical (unpaired) electrons. The van der Waals surface area contributed by atoms with Crippen LogP contribution in [0, 0.1) is 6.92 Å². The minimum Gasteiger partial charge on any atom is -0.444 e. The Bertz CT molecular complexity index is 661. The van der Waals surface area contributed by atoms with E-state index in [0.29, 0.717) is 18.3 Å². The number of hydrogen-bond donors (Lipinski definition) is 0. The second kappa shape index (κ2) is 6.13. The number of nitrogens with zero attached hydrogens (tertiary/aromatic N) is 4. The van der Waals surface area contributed by atoms with Gasteiger partial charge in [0.25, 0.3) is 0 Å². The predicted molar refractivity (Wildman–Crippen MR) is 80.0 cm³/mol. The zero-order valence-electron chi connectivity index (χ0n) is 13.5. The van der Waals surface area contributed by atoms with Crippen molar-refractivity contribution in [1.29, 1.82) is 0 Å². The summed E-state index contributed by atoms with van der Waals surface area (Å²) in [5.74, 6) is 0.901. The topological polar surface area (TPSA) is 81.4 Å². The third-order valence-electron chi connectivity index (χ3n) is 2.69. The van der Waals surface area contributed by atoms with Crippen LogP contribution in [0.5, 0.6) is 0 Å². The number of carbonyl (C=O) groups is 1. The monoisotopic (exact) mass is 304 g/mol. The Morgan fingerprint density at radius 2 is 2.05 bits per heavy atom. The molecule has 0 saturated carbocycles. The van der Waals surface area contributed by atoms with Gasteiger partial charge in [-0.25, -0.2) is 4.79 Å². The largest absolute Gasteiger partial charge is 0.444 e. The van der Waals surface area contributed by atoms with Crippen molar-refractivity contribution in [3.63, 3.8) is 0 Å². The molecule has 0 aliphatic carbocycles. The van der Waals surface area contributed by atoms with Crippen LogP contribution in [0.1, 0.15) is 32.2 Å². The lowest BCUT2D eigenvalue weighted by Gasteiger charge is -2.24. The van der Waals surface area contributed by atoms with E-state index < -0.39 is 5.60 Å². The molecule has 0 aromatic carbocycles. The highest BCUT2D eigenvalue weighted by atomic mass is 16.6. The molecule has 0 fully saturated rings. The third-order valence-corrected chi connectivity index (χ3v) is 2.69. The van der Waals surface area contributed by atoms with E-state index in [1.807, 2.05) is 26.8 Å². The minimum atomic E-state index is -0.521. The number of rotatable bonds is 3. The number of ether oxygens (including phenoxy) is 1. The fraction of sp³-hybridized carbons (Fsp3) is 0.467. The van der Waals surface area contributed by atoms with Crippen molar-refractivity contribution in [2.45, 2.75) is 39.8 Å². The van der Waals surface area contributed by atoms with Gasteiger partial charge in [0, 0.05) is 26.4 Å². The molecule has 7 nitrogen and oxygen atoms in total. The first-order valence-electron chi connectivity index (χ1n) is 6.93. The molecule has 2 rings (SSSR count). The summed E-state index contributed by atoms with van der Waals surface area (Å²) in [6.45, 7) is 7.60. The summed E-state index contributed by atoms with van der Waals surface area (Å²) in [7, 11) is 1.68. The highest BCUT2D eigenvalue weighted by Crippen LogP contribution is 2.18. The molecule has 2 heterocycles. The predicted octanol–water partition coefficient (Wildman–Crippen LogP) is 2.81. The van der Waals surface area contributed by atoms with E-state index in [-0.39, 0.29) is 6.09 Å². The Kier molecular flexibility index (Phi) is 4.44. The van der Waals surface area contributed by atoms with Crippen LogP contribution in [-0.4, -0.2) is 38.8 Å². The standard InChI is InChI=1S/C15H20N4O3/c1-10-17-18-13(21-10)12-6-11(7-16-8-12)9-19(5)14(20)22-15(2,3)4/h6-8H,9H2,1-5H3. The second-order valence-electron chi connectivity index (χ2n) is 6.04. The molecule has 0 spiro atoms. The van der Waals surface area contributed by atoms with Gasteiger partial charge in [-0.05, 0) is 32.4 Å². The van der Waals surface area contributed by atoms with Crippen LogP contribution in [0.3, 0.4) is 0 Å². The van der Waals surface area contributed by atoms with E-state index in [9.17, 15) is 4.79 Å². The SMILES string of the molecule is Cc1nnc(-c2cncc(CN(C)C(=O)OC(C)(C)C)c2)o1. The van der Waals surface area contributed by atoms with Crippen LogP contribution in [0.25, 0.3) is 11.5 Å². The smallest absolute Gasteiger partial charge is 0.410 e. The van der Waals surface area contributed by atoms with Crippen LogP contribution < -0.4 is 0 Å². The zero-order valence-corrected chi connectivity index (χ0v) is 13.5. The first-order chi connectivity index (χ1) is 10.2. The number of amides is 1. The quantitative estimate of drug-likeness (QED) is 0.867. The van der Waals surface area contributed by atoms with Crippen LogP contribution in [0.4, 0.5) is 4.79 Å². The zero-order chi connectivity index (χ0) is 16.3. The molecule has 1 amide bonds. The number of hydrogen-bond acceptors (Lipinski definition) is 6. The Hall–Kier alpha value is -2.44. The van der Waals surface area contributed by atoms with Gasteiger partial charge in [0.15, 0.2) is 0 Å². The normalized spacial score (nSPS) is 11.3. The van der Waals surface area contributed by atoms with Crippen molar-refractivity contribution in [3.8, 4) is 11.5 Å². The average Bonchev–Trinajstić information content (AvgIpc) is 2.84. The molecule has 0 N–H and O–H groups in total. The van der Waals surface area contributed by atoms with Crippen LogP contribution in [-0.2, 0) is 11.3 Å². The van der Waals surface area contributed by atoms with Gasteiger partial charge in [-0.3, -0.25) is 4.98 Å². The molecular weight excluding hydrogens is 284 g/mol. The van der Waals surface area contributed by atoms with Gasteiger partial charge < -0.3 is 14.1 Å². The van der Waals surface area contributed by atoms with Gasteiger partial charge >= 0.3 is 6.09 Å².